The zero-order valence-corrected chi connectivity index (χ0v) is 8.86. The molecule has 0 atom stereocenters. The summed E-state index contributed by atoms with van der Waals surface area (Å²) in [6.07, 6.45) is 0.845. The normalized spacial score (nSPS) is 10.5. The van der Waals surface area contributed by atoms with Crippen molar-refractivity contribution in [3.63, 3.8) is 0 Å². The molecule has 0 saturated carbocycles. The number of halogens is 2. The van der Waals surface area contributed by atoms with Crippen LogP contribution < -0.4 is 5.48 Å². The van der Waals surface area contributed by atoms with Gasteiger partial charge in [-0.3, -0.25) is 0 Å². The Balaban J connectivity index is 3.09. The van der Waals surface area contributed by atoms with Crippen molar-refractivity contribution in [3.05, 3.63) is 33.5 Å². The Morgan fingerprint density at radius 3 is 2.77 bits per heavy atom. The average Bonchev–Trinajstić information content (AvgIpc) is 2.13. The van der Waals surface area contributed by atoms with Gasteiger partial charge in [-0.05, 0) is 34.0 Å². The third kappa shape index (κ3) is 2.49. The maximum Gasteiger partial charge on any atom is 0.141 e. The van der Waals surface area contributed by atoms with Gasteiger partial charge < -0.3 is 5.21 Å². The smallest absolute Gasteiger partial charge is 0.141 e. The van der Waals surface area contributed by atoms with E-state index in [1.54, 1.807) is 12.1 Å². The lowest BCUT2D eigenvalue weighted by Gasteiger charge is -2.06. The molecule has 0 spiro atoms. The molecule has 72 valence electrons. The summed E-state index contributed by atoms with van der Waals surface area (Å²) in [6.45, 7) is 2.12. The van der Waals surface area contributed by atoms with Crippen molar-refractivity contribution in [2.24, 2.45) is 0 Å². The second kappa shape index (κ2) is 4.69. The van der Waals surface area contributed by atoms with E-state index in [1.807, 2.05) is 12.4 Å². The van der Waals surface area contributed by atoms with Crippen molar-refractivity contribution in [3.8, 4) is 0 Å². The topological polar surface area (TPSA) is 32.3 Å². The van der Waals surface area contributed by atoms with E-state index in [4.69, 9.17) is 5.21 Å². The van der Waals surface area contributed by atoms with Crippen LogP contribution in [0, 0.1) is 5.82 Å². The predicted molar refractivity (Wildman–Crippen MR) is 52.1 cm³/mol. The first-order valence-corrected chi connectivity index (χ1v) is 4.82. The standard InChI is InChI=1S/C9H11BrFNO/c1-2-6-3-7(5-12-13)9(11)8(10)4-6/h3-4,12-13H,2,5H2,1H3. The molecule has 0 amide bonds. The summed E-state index contributed by atoms with van der Waals surface area (Å²) in [7, 11) is 0. The van der Waals surface area contributed by atoms with E-state index in [0.717, 1.165) is 12.0 Å². The van der Waals surface area contributed by atoms with Gasteiger partial charge in [0.15, 0.2) is 0 Å². The summed E-state index contributed by atoms with van der Waals surface area (Å²) in [4.78, 5) is 0. The lowest BCUT2D eigenvalue weighted by Crippen LogP contribution is -2.08. The van der Waals surface area contributed by atoms with Gasteiger partial charge in [-0.1, -0.05) is 13.0 Å². The summed E-state index contributed by atoms with van der Waals surface area (Å²) in [6, 6.07) is 3.49. The van der Waals surface area contributed by atoms with E-state index in [-0.39, 0.29) is 12.4 Å². The molecular formula is C9H11BrFNO. The molecule has 0 aliphatic heterocycles. The fourth-order valence-corrected chi connectivity index (χ4v) is 1.67. The van der Waals surface area contributed by atoms with Gasteiger partial charge in [0, 0.05) is 12.1 Å². The Labute approximate surface area is 84.9 Å². The maximum absolute atomic E-state index is 13.3. The third-order valence-electron chi connectivity index (χ3n) is 1.84. The van der Waals surface area contributed by atoms with Gasteiger partial charge in [-0.15, -0.1) is 0 Å². The van der Waals surface area contributed by atoms with Gasteiger partial charge in [0.2, 0.25) is 0 Å². The monoisotopic (exact) mass is 247 g/mol. The molecule has 4 heteroatoms. The maximum atomic E-state index is 13.3. The van der Waals surface area contributed by atoms with Gasteiger partial charge in [0.05, 0.1) is 4.47 Å². The van der Waals surface area contributed by atoms with E-state index in [0.29, 0.717) is 10.0 Å². The molecule has 1 aromatic rings. The van der Waals surface area contributed by atoms with Crippen LogP contribution in [0.1, 0.15) is 18.1 Å². The molecule has 0 fully saturated rings. The largest absolute Gasteiger partial charge is 0.316 e. The van der Waals surface area contributed by atoms with Crippen LogP contribution in [0.5, 0.6) is 0 Å². The number of aryl methyl sites for hydroxylation is 1. The third-order valence-corrected chi connectivity index (χ3v) is 2.42. The second-order valence-corrected chi connectivity index (χ2v) is 3.59. The highest BCUT2D eigenvalue weighted by Gasteiger charge is 2.07. The summed E-state index contributed by atoms with van der Waals surface area (Å²) in [5.74, 6) is -0.321. The van der Waals surface area contributed by atoms with Crippen LogP contribution in [-0.4, -0.2) is 5.21 Å². The lowest BCUT2D eigenvalue weighted by atomic mass is 10.1. The molecule has 13 heavy (non-hydrogen) atoms. The quantitative estimate of drug-likeness (QED) is 0.806. The Morgan fingerprint density at radius 2 is 2.23 bits per heavy atom. The molecule has 2 nitrogen and oxygen atoms in total. The van der Waals surface area contributed by atoms with Crippen LogP contribution in [-0.2, 0) is 13.0 Å². The van der Waals surface area contributed by atoms with Crippen molar-refractivity contribution in [1.82, 2.24) is 5.48 Å². The molecule has 0 saturated heterocycles. The molecule has 0 heterocycles. The van der Waals surface area contributed by atoms with Crippen LogP contribution >= 0.6 is 15.9 Å². The molecule has 0 bridgehead atoms. The Kier molecular flexibility index (Phi) is 3.84. The molecule has 1 aromatic carbocycles. The van der Waals surface area contributed by atoms with Crippen LogP contribution in [0.3, 0.4) is 0 Å². The van der Waals surface area contributed by atoms with E-state index in [2.05, 4.69) is 15.9 Å². The van der Waals surface area contributed by atoms with Gasteiger partial charge >= 0.3 is 0 Å². The Bertz CT molecular complexity index is 304. The first-order valence-electron chi connectivity index (χ1n) is 4.02. The van der Waals surface area contributed by atoms with E-state index < -0.39 is 0 Å². The number of hydrogen-bond donors (Lipinski definition) is 2. The fourth-order valence-electron chi connectivity index (χ4n) is 1.13. The van der Waals surface area contributed by atoms with Crippen LogP contribution in [0.25, 0.3) is 0 Å². The molecule has 2 N–H and O–H groups in total. The SMILES string of the molecule is CCc1cc(Br)c(F)c(CNO)c1. The molecular weight excluding hydrogens is 237 g/mol. The minimum Gasteiger partial charge on any atom is -0.316 e. The minimum atomic E-state index is -0.321. The summed E-state index contributed by atoms with van der Waals surface area (Å²) >= 11 is 3.12. The lowest BCUT2D eigenvalue weighted by molar-refractivity contribution is 0.160. The Hall–Kier alpha value is -0.450. The van der Waals surface area contributed by atoms with Crippen LogP contribution in [0.4, 0.5) is 4.39 Å². The van der Waals surface area contributed by atoms with Gasteiger partial charge in [-0.2, -0.15) is 0 Å². The molecule has 0 aliphatic carbocycles. The van der Waals surface area contributed by atoms with Crippen molar-refractivity contribution in [2.45, 2.75) is 19.9 Å². The highest BCUT2D eigenvalue weighted by Crippen LogP contribution is 2.21. The Morgan fingerprint density at radius 1 is 1.54 bits per heavy atom. The second-order valence-electron chi connectivity index (χ2n) is 2.74. The molecule has 0 radical (unpaired) electrons. The summed E-state index contributed by atoms with van der Waals surface area (Å²) in [5.41, 5.74) is 3.45. The molecule has 1 rings (SSSR count). The number of rotatable bonds is 3. The highest BCUT2D eigenvalue weighted by atomic mass is 79.9. The summed E-state index contributed by atoms with van der Waals surface area (Å²) < 4.78 is 13.7. The van der Waals surface area contributed by atoms with Gasteiger partial charge in [0.1, 0.15) is 5.82 Å². The highest BCUT2D eigenvalue weighted by molar-refractivity contribution is 9.10. The number of hydroxylamine groups is 1. The van der Waals surface area contributed by atoms with Crippen molar-refractivity contribution in [2.75, 3.05) is 0 Å². The number of hydrogen-bond acceptors (Lipinski definition) is 2. The average molecular weight is 248 g/mol. The minimum absolute atomic E-state index is 0.123. The van der Waals surface area contributed by atoms with Crippen molar-refractivity contribution < 1.29 is 9.60 Å². The van der Waals surface area contributed by atoms with Crippen molar-refractivity contribution in [1.29, 1.82) is 0 Å². The predicted octanol–water partition coefficient (Wildman–Crippen LogP) is 2.63. The first kappa shape index (κ1) is 10.6. The zero-order chi connectivity index (χ0) is 9.84. The number of benzene rings is 1. The van der Waals surface area contributed by atoms with E-state index in [9.17, 15) is 4.39 Å². The first-order chi connectivity index (χ1) is 6.19. The van der Waals surface area contributed by atoms with Crippen LogP contribution in [0.15, 0.2) is 16.6 Å². The molecule has 0 aliphatic rings. The zero-order valence-electron chi connectivity index (χ0n) is 7.27. The molecule has 0 aromatic heterocycles. The summed E-state index contributed by atoms with van der Waals surface area (Å²) in [5, 5.41) is 8.47. The van der Waals surface area contributed by atoms with E-state index >= 15 is 0 Å². The molecule has 0 unspecified atom stereocenters. The van der Waals surface area contributed by atoms with E-state index in [1.165, 1.54) is 0 Å². The fraction of sp³-hybridized carbons (Fsp3) is 0.333. The van der Waals surface area contributed by atoms with Gasteiger partial charge in [0.25, 0.3) is 0 Å². The van der Waals surface area contributed by atoms with Crippen molar-refractivity contribution >= 4 is 15.9 Å². The van der Waals surface area contributed by atoms with Crippen LogP contribution in [0.2, 0.25) is 0 Å². The van der Waals surface area contributed by atoms with Gasteiger partial charge in [-0.25, -0.2) is 9.87 Å². The number of nitrogens with one attached hydrogen (secondary N) is 1.